The van der Waals surface area contributed by atoms with Gasteiger partial charge in [-0.15, -0.1) is 0 Å². The summed E-state index contributed by atoms with van der Waals surface area (Å²) >= 11 is 0. The van der Waals surface area contributed by atoms with E-state index in [0.717, 1.165) is 22.1 Å². The summed E-state index contributed by atoms with van der Waals surface area (Å²) in [6.45, 7) is 3.89. The summed E-state index contributed by atoms with van der Waals surface area (Å²) in [5, 5.41) is 0.0146. The number of aryl methyl sites for hydroxylation is 2. The number of sulfone groups is 1. The highest BCUT2D eigenvalue weighted by atomic mass is 32.2. The Bertz CT molecular complexity index is 1210. The van der Waals surface area contributed by atoms with Crippen LogP contribution in [-0.2, 0) is 9.84 Å². The third kappa shape index (κ3) is 3.04. The van der Waals surface area contributed by atoms with Crippen LogP contribution in [0.3, 0.4) is 0 Å². The van der Waals surface area contributed by atoms with Gasteiger partial charge in [0, 0.05) is 23.3 Å². The number of benzene rings is 2. The summed E-state index contributed by atoms with van der Waals surface area (Å²) in [6.07, 6.45) is 3.46. The maximum Gasteiger partial charge on any atom is 0.189 e. The summed E-state index contributed by atoms with van der Waals surface area (Å²) in [5.74, 6) is 0. The first-order valence-electron chi connectivity index (χ1n) is 8.76. The van der Waals surface area contributed by atoms with Crippen molar-refractivity contribution >= 4 is 20.9 Å². The van der Waals surface area contributed by atoms with E-state index >= 15 is 0 Å². The number of nitrogens with one attached hydrogen (secondary N) is 1. The average molecular weight is 376 g/mol. The van der Waals surface area contributed by atoms with E-state index in [1.165, 1.54) is 0 Å². The minimum atomic E-state index is -3.66. The summed E-state index contributed by atoms with van der Waals surface area (Å²) in [5.41, 5.74) is 4.15. The lowest BCUT2D eigenvalue weighted by Gasteiger charge is -2.20. The largest absolute Gasteiger partial charge is 0.346 e. The highest BCUT2D eigenvalue weighted by Crippen LogP contribution is 2.39. The van der Waals surface area contributed by atoms with E-state index in [-0.39, 0.29) is 0 Å². The molecule has 1 atom stereocenters. The summed E-state index contributed by atoms with van der Waals surface area (Å²) in [7, 11) is -3.66. The van der Waals surface area contributed by atoms with E-state index in [0.29, 0.717) is 16.1 Å². The first-order valence-corrected chi connectivity index (χ1v) is 10.3. The van der Waals surface area contributed by atoms with Gasteiger partial charge in [0.15, 0.2) is 9.84 Å². The van der Waals surface area contributed by atoms with Gasteiger partial charge in [-0.2, -0.15) is 0 Å². The van der Waals surface area contributed by atoms with Gasteiger partial charge in [0.1, 0.15) is 10.9 Å². The zero-order chi connectivity index (χ0) is 19.0. The smallest absolute Gasteiger partial charge is 0.189 e. The molecule has 27 heavy (non-hydrogen) atoms. The third-order valence-electron chi connectivity index (χ3n) is 4.90. The summed E-state index contributed by atoms with van der Waals surface area (Å²) < 4.78 is 27.4. The van der Waals surface area contributed by atoms with Crippen LogP contribution in [0, 0.1) is 13.8 Å². The molecule has 0 fully saturated rings. The van der Waals surface area contributed by atoms with Crippen molar-refractivity contribution in [1.29, 1.82) is 0 Å². The third-order valence-corrected chi connectivity index (χ3v) is 6.95. The van der Waals surface area contributed by atoms with Crippen LogP contribution in [0.2, 0.25) is 0 Å². The molecule has 0 aliphatic heterocycles. The predicted molar refractivity (Wildman–Crippen MR) is 107 cm³/mol. The Kier molecular flexibility index (Phi) is 4.32. The normalized spacial score (nSPS) is 13.0. The van der Waals surface area contributed by atoms with Crippen molar-refractivity contribution in [3.8, 4) is 0 Å². The molecular weight excluding hydrogens is 356 g/mol. The maximum atomic E-state index is 13.7. The van der Waals surface area contributed by atoms with E-state index in [4.69, 9.17) is 0 Å². The SMILES string of the molecule is Cc1ccc(S(=O)(=O)C(c2ccccc2C)c2c[nH]c3ncccc23)cc1. The fraction of sp³-hybridized carbons (Fsp3) is 0.136. The molecule has 0 radical (unpaired) electrons. The molecule has 2 aromatic carbocycles. The number of hydrogen-bond acceptors (Lipinski definition) is 3. The van der Waals surface area contributed by atoms with Gasteiger partial charge < -0.3 is 4.98 Å². The van der Waals surface area contributed by atoms with Crippen LogP contribution in [0.1, 0.15) is 27.5 Å². The number of aromatic amines is 1. The molecule has 4 nitrogen and oxygen atoms in total. The van der Waals surface area contributed by atoms with Gasteiger partial charge in [0.05, 0.1) is 4.90 Å². The van der Waals surface area contributed by atoms with E-state index < -0.39 is 15.1 Å². The van der Waals surface area contributed by atoms with E-state index in [1.807, 2.05) is 62.4 Å². The number of rotatable bonds is 4. The fourth-order valence-electron chi connectivity index (χ4n) is 3.44. The molecule has 4 aromatic rings. The molecule has 0 aliphatic rings. The molecular formula is C22H20N2O2S. The predicted octanol–water partition coefficient (Wildman–Crippen LogP) is 4.74. The number of aromatic nitrogens is 2. The van der Waals surface area contributed by atoms with E-state index in [2.05, 4.69) is 9.97 Å². The number of nitrogens with zero attached hydrogens (tertiary/aromatic N) is 1. The first-order chi connectivity index (χ1) is 13.0. The minimum absolute atomic E-state index is 0.319. The second-order valence-corrected chi connectivity index (χ2v) is 8.77. The molecule has 136 valence electrons. The lowest BCUT2D eigenvalue weighted by atomic mass is 10.00. The topological polar surface area (TPSA) is 62.8 Å². The van der Waals surface area contributed by atoms with Crippen molar-refractivity contribution in [1.82, 2.24) is 9.97 Å². The fourth-order valence-corrected chi connectivity index (χ4v) is 5.36. The standard InChI is InChI=1S/C22H20N2O2S/c1-15-9-11-17(12-10-15)27(25,26)21(18-7-4-3-6-16(18)2)20-14-24-22-19(20)8-5-13-23-22/h3-14,21H,1-2H3,(H,23,24). The van der Waals surface area contributed by atoms with Crippen LogP contribution in [0.15, 0.2) is 78.0 Å². The Labute approximate surface area is 158 Å². The Morgan fingerprint density at radius 1 is 0.889 bits per heavy atom. The Balaban J connectivity index is 2.00. The maximum absolute atomic E-state index is 13.7. The number of fused-ring (bicyclic) bond motifs is 1. The van der Waals surface area contributed by atoms with Gasteiger partial charge >= 0.3 is 0 Å². The molecule has 5 heteroatoms. The minimum Gasteiger partial charge on any atom is -0.346 e. The van der Waals surface area contributed by atoms with Gasteiger partial charge in [-0.05, 0) is 49.2 Å². The molecule has 0 bridgehead atoms. The summed E-state index contributed by atoms with van der Waals surface area (Å²) in [4.78, 5) is 7.75. The second kappa shape index (κ2) is 6.67. The lowest BCUT2D eigenvalue weighted by Crippen LogP contribution is -2.16. The molecule has 2 heterocycles. The molecule has 0 saturated carbocycles. The van der Waals surface area contributed by atoms with Gasteiger partial charge in [0.25, 0.3) is 0 Å². The monoisotopic (exact) mass is 376 g/mol. The van der Waals surface area contributed by atoms with Crippen molar-refractivity contribution < 1.29 is 8.42 Å². The number of H-pyrrole nitrogens is 1. The molecule has 0 spiro atoms. The molecule has 0 saturated heterocycles. The number of hydrogen-bond donors (Lipinski definition) is 1. The van der Waals surface area contributed by atoms with E-state index in [9.17, 15) is 8.42 Å². The van der Waals surface area contributed by atoms with Crippen molar-refractivity contribution in [2.45, 2.75) is 24.0 Å². The zero-order valence-corrected chi connectivity index (χ0v) is 16.0. The Hall–Kier alpha value is -2.92. The molecule has 4 rings (SSSR count). The van der Waals surface area contributed by atoms with Gasteiger partial charge in [-0.25, -0.2) is 13.4 Å². The van der Waals surface area contributed by atoms with Crippen molar-refractivity contribution in [3.63, 3.8) is 0 Å². The molecule has 2 aromatic heterocycles. The Morgan fingerprint density at radius 2 is 1.63 bits per heavy atom. The molecule has 1 unspecified atom stereocenters. The quantitative estimate of drug-likeness (QED) is 0.559. The van der Waals surface area contributed by atoms with Crippen molar-refractivity contribution in [2.24, 2.45) is 0 Å². The number of pyridine rings is 1. The van der Waals surface area contributed by atoms with Crippen LogP contribution in [0.25, 0.3) is 11.0 Å². The van der Waals surface area contributed by atoms with Crippen molar-refractivity contribution in [3.05, 3.63) is 95.3 Å². The molecule has 1 N–H and O–H groups in total. The summed E-state index contributed by atoms with van der Waals surface area (Å²) in [6, 6.07) is 18.4. The van der Waals surface area contributed by atoms with Crippen LogP contribution in [0.5, 0.6) is 0 Å². The zero-order valence-electron chi connectivity index (χ0n) is 15.2. The highest BCUT2D eigenvalue weighted by molar-refractivity contribution is 7.92. The van der Waals surface area contributed by atoms with Crippen LogP contribution in [0.4, 0.5) is 0 Å². The van der Waals surface area contributed by atoms with E-state index in [1.54, 1.807) is 24.5 Å². The van der Waals surface area contributed by atoms with Gasteiger partial charge in [0.2, 0.25) is 0 Å². The van der Waals surface area contributed by atoms with Crippen LogP contribution in [-0.4, -0.2) is 18.4 Å². The molecule has 0 amide bonds. The van der Waals surface area contributed by atoms with Gasteiger partial charge in [-0.3, -0.25) is 0 Å². The molecule has 0 aliphatic carbocycles. The Morgan fingerprint density at radius 3 is 2.37 bits per heavy atom. The van der Waals surface area contributed by atoms with Gasteiger partial charge in [-0.1, -0.05) is 42.0 Å². The first kappa shape index (κ1) is 17.5. The highest BCUT2D eigenvalue weighted by Gasteiger charge is 2.33. The van der Waals surface area contributed by atoms with Crippen LogP contribution < -0.4 is 0 Å². The van der Waals surface area contributed by atoms with Crippen molar-refractivity contribution in [2.75, 3.05) is 0 Å². The lowest BCUT2D eigenvalue weighted by molar-refractivity contribution is 0.589. The second-order valence-electron chi connectivity index (χ2n) is 6.74. The van der Waals surface area contributed by atoms with Crippen LogP contribution >= 0.6 is 0 Å². The average Bonchev–Trinajstić information content (AvgIpc) is 3.08.